The summed E-state index contributed by atoms with van der Waals surface area (Å²) >= 11 is 0. The zero-order chi connectivity index (χ0) is 27.9. The lowest BCUT2D eigenvalue weighted by atomic mass is 9.87. The predicted octanol–water partition coefficient (Wildman–Crippen LogP) is 6.11. The predicted molar refractivity (Wildman–Crippen MR) is 159 cm³/mol. The summed E-state index contributed by atoms with van der Waals surface area (Å²) in [4.78, 5) is 2.07. The first-order chi connectivity index (χ1) is 19.3. The first-order valence-electron chi connectivity index (χ1n) is 13.1. The van der Waals surface area contributed by atoms with Gasteiger partial charge in [0.15, 0.2) is 0 Å². The Kier molecular flexibility index (Phi) is 6.62. The largest absolute Gasteiger partial charge is 0.460 e. The van der Waals surface area contributed by atoms with E-state index < -0.39 is 10.1 Å². The molecule has 1 aliphatic heterocycles. The van der Waals surface area contributed by atoms with Crippen molar-refractivity contribution in [1.82, 2.24) is 4.58 Å². The van der Waals surface area contributed by atoms with Gasteiger partial charge in [-0.1, -0.05) is 66.7 Å². The van der Waals surface area contributed by atoms with Gasteiger partial charge in [-0.15, -0.1) is 0 Å². The number of hydrogen-bond donors (Lipinski definition) is 1. The molecule has 1 heterocycles. The molecule has 0 amide bonds. The second-order valence-corrected chi connectivity index (χ2v) is 11.3. The first-order valence-corrected chi connectivity index (χ1v) is 14.5. The Bertz CT molecular complexity index is 1880. The molecule has 200 valence electrons. The number of benzene rings is 4. The second-order valence-electron chi connectivity index (χ2n) is 9.94. The monoisotopic (exact) mass is 549 g/mol. The lowest BCUT2D eigenvalue weighted by molar-refractivity contribution is 0.482. The Hall–Kier alpha value is -4.46. The third-order valence-corrected chi connectivity index (χ3v) is 8.45. The number of likely N-dealkylation sites (N-methyl/N-ethyl adjacent to an activating group) is 1. The molecule has 1 atom stereocenters. The minimum absolute atomic E-state index is 0.0379. The molecule has 1 unspecified atom stereocenters. The SMILES string of the molecule is CN(c1ccccc1)C1C=Cc2c(oc3cc(=[N+](C)c4ccccc4)ccc-3c2-c2ccccc2S(=O)(=O)O)C1. The third kappa shape index (κ3) is 4.74. The van der Waals surface area contributed by atoms with Crippen LogP contribution >= 0.6 is 0 Å². The molecule has 3 aromatic carbocycles. The average molecular weight is 550 g/mol. The molecule has 0 spiro atoms. The van der Waals surface area contributed by atoms with Gasteiger partial charge in [0, 0.05) is 59.6 Å². The molecular weight excluding hydrogens is 520 g/mol. The van der Waals surface area contributed by atoms with Crippen LogP contribution in [0.5, 0.6) is 0 Å². The molecule has 0 radical (unpaired) electrons. The minimum atomic E-state index is -4.47. The highest BCUT2D eigenvalue weighted by atomic mass is 32.2. The lowest BCUT2D eigenvalue weighted by Crippen LogP contribution is -2.33. The van der Waals surface area contributed by atoms with Crippen LogP contribution < -0.4 is 14.8 Å². The molecule has 3 aliphatic rings. The second kappa shape index (κ2) is 10.3. The van der Waals surface area contributed by atoms with Gasteiger partial charge in [-0.05, 0) is 24.3 Å². The summed E-state index contributed by atoms with van der Waals surface area (Å²) in [5.41, 5.74) is 4.85. The van der Waals surface area contributed by atoms with E-state index in [-0.39, 0.29) is 10.9 Å². The van der Waals surface area contributed by atoms with Gasteiger partial charge in [0.05, 0.1) is 12.1 Å². The standard InChI is InChI=1S/C33H28N2O4S/c1-34(23-11-5-3-6-12-23)25-17-19-27-30(21-25)39-31-22-26(35(2)24-13-7-4-8-14-24)18-20-28(31)33(27)29-15-9-10-16-32(29)40(36,37)38/h3-21,26H,22H2,1-2H3/p+1. The van der Waals surface area contributed by atoms with Crippen LogP contribution in [0.25, 0.3) is 28.5 Å². The fraction of sp³-hybridized carbons (Fsp3) is 0.121. The highest BCUT2D eigenvalue weighted by molar-refractivity contribution is 7.86. The summed E-state index contributed by atoms with van der Waals surface area (Å²) in [5.74, 6) is 1.39. The third-order valence-electron chi connectivity index (χ3n) is 7.54. The summed E-state index contributed by atoms with van der Waals surface area (Å²) < 4.78 is 43.6. The Morgan fingerprint density at radius 2 is 1.55 bits per heavy atom. The first kappa shape index (κ1) is 25.8. The molecule has 1 N–H and O–H groups in total. The quantitative estimate of drug-likeness (QED) is 0.212. The van der Waals surface area contributed by atoms with Gasteiger partial charge in [-0.3, -0.25) is 4.55 Å². The molecule has 0 fully saturated rings. The summed E-state index contributed by atoms with van der Waals surface area (Å²) in [6, 6.07) is 32.7. The van der Waals surface area contributed by atoms with Crippen LogP contribution in [0, 0.1) is 0 Å². The van der Waals surface area contributed by atoms with Gasteiger partial charge in [0.2, 0.25) is 11.0 Å². The normalized spacial score (nSPS) is 15.5. The molecule has 0 bridgehead atoms. The Balaban J connectivity index is 1.59. The van der Waals surface area contributed by atoms with Gasteiger partial charge in [0.1, 0.15) is 23.5 Å². The van der Waals surface area contributed by atoms with Gasteiger partial charge < -0.3 is 9.32 Å². The van der Waals surface area contributed by atoms with Crippen molar-refractivity contribution in [2.45, 2.75) is 17.4 Å². The Morgan fingerprint density at radius 1 is 0.875 bits per heavy atom. The van der Waals surface area contributed by atoms with Gasteiger partial charge in [-0.25, -0.2) is 0 Å². The fourth-order valence-corrected chi connectivity index (χ4v) is 6.08. The molecule has 0 saturated heterocycles. The molecular formula is C33H29N2O4S+. The molecule has 7 heteroatoms. The van der Waals surface area contributed by atoms with E-state index >= 15 is 0 Å². The van der Waals surface area contributed by atoms with Crippen molar-refractivity contribution in [3.05, 3.63) is 126 Å². The molecule has 6 nitrogen and oxygen atoms in total. The van der Waals surface area contributed by atoms with E-state index in [1.165, 1.54) is 6.07 Å². The number of hydrogen-bond acceptors (Lipinski definition) is 4. The van der Waals surface area contributed by atoms with Gasteiger partial charge in [-0.2, -0.15) is 13.0 Å². The number of rotatable bonds is 5. The van der Waals surface area contributed by atoms with Gasteiger partial charge >= 0.3 is 0 Å². The van der Waals surface area contributed by atoms with Crippen LogP contribution in [0.15, 0.2) is 119 Å². The zero-order valence-electron chi connectivity index (χ0n) is 22.2. The van der Waals surface area contributed by atoms with Crippen LogP contribution in [0.3, 0.4) is 0 Å². The Labute approximate surface area is 233 Å². The van der Waals surface area contributed by atoms with E-state index in [0.717, 1.165) is 39.2 Å². The van der Waals surface area contributed by atoms with E-state index in [1.807, 2.05) is 79.9 Å². The van der Waals surface area contributed by atoms with Gasteiger partial charge in [0.25, 0.3) is 10.1 Å². The number of para-hydroxylation sites is 2. The molecule has 0 saturated carbocycles. The van der Waals surface area contributed by atoms with Crippen molar-refractivity contribution in [3.63, 3.8) is 0 Å². The van der Waals surface area contributed by atoms with E-state index in [9.17, 15) is 13.0 Å². The van der Waals surface area contributed by atoms with Crippen molar-refractivity contribution in [1.29, 1.82) is 0 Å². The summed E-state index contributed by atoms with van der Waals surface area (Å²) in [6.07, 6.45) is 4.72. The lowest BCUT2D eigenvalue weighted by Gasteiger charge is -2.31. The summed E-state index contributed by atoms with van der Waals surface area (Å²) in [7, 11) is -0.415. The zero-order valence-corrected chi connectivity index (χ0v) is 23.0. The average Bonchev–Trinajstić information content (AvgIpc) is 2.99. The van der Waals surface area contributed by atoms with Crippen LogP contribution in [0.4, 0.5) is 11.4 Å². The van der Waals surface area contributed by atoms with Crippen molar-refractivity contribution < 1.29 is 17.4 Å². The van der Waals surface area contributed by atoms with Crippen LogP contribution in [-0.2, 0) is 16.5 Å². The maximum Gasteiger partial charge on any atom is 0.295 e. The van der Waals surface area contributed by atoms with Crippen molar-refractivity contribution in [2.24, 2.45) is 0 Å². The highest BCUT2D eigenvalue weighted by Gasteiger charge is 2.29. The van der Waals surface area contributed by atoms with Crippen molar-refractivity contribution in [2.75, 3.05) is 19.0 Å². The van der Waals surface area contributed by atoms with Crippen LogP contribution in [0.2, 0.25) is 0 Å². The molecule has 0 aromatic heterocycles. The molecule has 3 aromatic rings. The Morgan fingerprint density at radius 3 is 2.27 bits per heavy atom. The van der Waals surface area contributed by atoms with E-state index in [2.05, 4.69) is 34.7 Å². The number of anilines is 1. The number of nitrogens with zero attached hydrogens (tertiary/aromatic N) is 2. The minimum Gasteiger partial charge on any atom is -0.460 e. The maximum atomic E-state index is 12.4. The summed E-state index contributed by atoms with van der Waals surface area (Å²) in [5, 5.41) is 0.931. The van der Waals surface area contributed by atoms with E-state index in [4.69, 9.17) is 4.42 Å². The fourth-order valence-electron chi connectivity index (χ4n) is 5.39. The topological polar surface area (TPSA) is 73.8 Å². The smallest absolute Gasteiger partial charge is 0.295 e. The summed E-state index contributed by atoms with van der Waals surface area (Å²) in [6.45, 7) is 0. The highest BCUT2D eigenvalue weighted by Crippen LogP contribution is 2.43. The molecule has 6 rings (SSSR count). The van der Waals surface area contributed by atoms with Crippen LogP contribution in [0.1, 0.15) is 11.3 Å². The van der Waals surface area contributed by atoms with E-state index in [0.29, 0.717) is 17.7 Å². The van der Waals surface area contributed by atoms with E-state index in [1.54, 1.807) is 18.2 Å². The van der Waals surface area contributed by atoms with Crippen molar-refractivity contribution in [3.8, 4) is 22.5 Å². The maximum absolute atomic E-state index is 12.4. The van der Waals surface area contributed by atoms with Crippen LogP contribution in [-0.4, -0.2) is 33.1 Å². The molecule has 2 aliphatic carbocycles. The van der Waals surface area contributed by atoms with Crippen molar-refractivity contribution >= 4 is 27.6 Å². The number of fused-ring (bicyclic) bond motifs is 2. The molecule has 40 heavy (non-hydrogen) atoms.